The Labute approximate surface area is 535 Å². The molecule has 2 heterocycles. The highest BCUT2D eigenvalue weighted by atomic mass is 16.6. The molecule has 4 rings (SSSR count). The number of methoxy groups -OCH3 is 2. The van der Waals surface area contributed by atoms with Gasteiger partial charge in [0, 0.05) is 72.2 Å². The molecule has 2 unspecified atom stereocenters. The molecule has 504 valence electrons. The Morgan fingerprint density at radius 3 is 2.00 bits per heavy atom. The van der Waals surface area contributed by atoms with Gasteiger partial charge < -0.3 is 66.8 Å². The largest absolute Gasteiger partial charge is 0.445 e. The third kappa shape index (κ3) is 22.7. The minimum Gasteiger partial charge on any atom is -0.445 e. The SMILES string of the molecule is CC[C@H](C)[C@@H]([C@@H](CC(=O)N1CCC[C@H]1[C@H](OC)[C@@H](C)C(=O)N[C@H](C)[C@@H](O)c1ccccc1)OC)N(C)C(=O)CNC(=O)C(C(C)C)N(C)C(=O)OCc1ccc(NC(=O)[C@H](CCCNC(N)=O)NC(=O)C(NC(=O)CCCCCN2C(=O)C=CC2=O)C(C)C)cc1. The highest BCUT2D eigenvalue weighted by Crippen LogP contribution is 2.30. The van der Waals surface area contributed by atoms with Crippen LogP contribution in [0.25, 0.3) is 0 Å². The van der Waals surface area contributed by atoms with Gasteiger partial charge in [-0.1, -0.05) is 104 Å². The van der Waals surface area contributed by atoms with Crippen LogP contribution in [-0.4, -0.2) is 193 Å². The summed E-state index contributed by atoms with van der Waals surface area (Å²) in [7, 11) is 6.00. The molecule has 0 spiro atoms. The number of unbranched alkanes of at least 4 members (excludes halogenated alkanes) is 2. The number of amides is 12. The van der Waals surface area contributed by atoms with E-state index in [9.17, 15) is 57.8 Å². The summed E-state index contributed by atoms with van der Waals surface area (Å²) in [6.45, 7) is 14.5. The summed E-state index contributed by atoms with van der Waals surface area (Å²) >= 11 is 0. The highest BCUT2D eigenvalue weighted by Gasteiger charge is 2.43. The maximum Gasteiger partial charge on any atom is 0.410 e. The maximum absolute atomic E-state index is 14.3. The second-order valence-corrected chi connectivity index (χ2v) is 24.3. The zero-order chi connectivity index (χ0) is 67.6. The van der Waals surface area contributed by atoms with Crippen molar-refractivity contribution in [1.29, 1.82) is 0 Å². The Bertz CT molecular complexity index is 2790. The zero-order valence-electron chi connectivity index (χ0n) is 55.0. The van der Waals surface area contributed by atoms with E-state index in [4.69, 9.17) is 19.9 Å². The average Bonchev–Trinajstić information content (AvgIpc) is 2.17. The fraction of sp³-hybridized carbons (Fsp3) is 0.615. The molecule has 11 atom stereocenters. The van der Waals surface area contributed by atoms with Gasteiger partial charge in [-0.2, -0.15) is 0 Å². The van der Waals surface area contributed by atoms with Crippen LogP contribution in [0.2, 0.25) is 0 Å². The molecule has 0 saturated carbocycles. The molecule has 91 heavy (non-hydrogen) atoms. The van der Waals surface area contributed by atoms with Crippen molar-refractivity contribution in [1.82, 2.24) is 46.2 Å². The van der Waals surface area contributed by atoms with Crippen LogP contribution in [0.4, 0.5) is 15.3 Å². The van der Waals surface area contributed by atoms with Crippen LogP contribution in [0.1, 0.15) is 137 Å². The molecule has 1 saturated heterocycles. The lowest BCUT2D eigenvalue weighted by Gasteiger charge is -2.39. The number of likely N-dealkylation sites (tertiary alicyclic amines) is 1. The predicted octanol–water partition coefficient (Wildman–Crippen LogP) is 4.05. The summed E-state index contributed by atoms with van der Waals surface area (Å²) in [5.74, 6) is -5.59. The topological polar surface area (TPSA) is 347 Å². The van der Waals surface area contributed by atoms with Crippen LogP contribution in [-0.2, 0) is 64.0 Å². The first kappa shape index (κ1) is 75.5. The number of carbonyl (C=O) groups excluding carboxylic acids is 11. The Morgan fingerprint density at radius 1 is 0.747 bits per heavy atom. The molecule has 9 N–H and O–H groups in total. The van der Waals surface area contributed by atoms with Crippen LogP contribution in [0, 0.1) is 23.7 Å². The minimum absolute atomic E-state index is 0.0848. The van der Waals surface area contributed by atoms with Crippen LogP contribution in [0.5, 0.6) is 0 Å². The van der Waals surface area contributed by atoms with Gasteiger partial charge in [0.2, 0.25) is 41.4 Å². The Kier molecular flexibility index (Phi) is 31.0. The number of urea groups is 1. The number of rotatable bonds is 37. The van der Waals surface area contributed by atoms with Crippen molar-refractivity contribution in [2.45, 2.75) is 181 Å². The number of nitrogens with zero attached hydrogens (tertiary/aromatic N) is 4. The maximum atomic E-state index is 14.3. The van der Waals surface area contributed by atoms with E-state index in [1.54, 1.807) is 89.9 Å². The first-order valence-electron chi connectivity index (χ1n) is 31.5. The highest BCUT2D eigenvalue weighted by molar-refractivity contribution is 6.12. The Balaban J connectivity index is 1.32. The van der Waals surface area contributed by atoms with Gasteiger partial charge in [0.25, 0.3) is 11.8 Å². The molecule has 2 aliphatic heterocycles. The van der Waals surface area contributed by atoms with Gasteiger partial charge in [0.15, 0.2) is 0 Å². The number of ether oxygens (including phenoxy) is 3. The molecule has 2 aliphatic rings. The summed E-state index contributed by atoms with van der Waals surface area (Å²) < 4.78 is 17.5. The van der Waals surface area contributed by atoms with Crippen molar-refractivity contribution in [3.8, 4) is 0 Å². The van der Waals surface area contributed by atoms with Gasteiger partial charge in [-0.05, 0) is 86.5 Å². The number of aliphatic hydroxyl groups is 1. The lowest BCUT2D eigenvalue weighted by Crippen LogP contribution is -2.56. The lowest BCUT2D eigenvalue weighted by molar-refractivity contribution is -0.146. The van der Waals surface area contributed by atoms with E-state index in [1.165, 1.54) is 38.3 Å². The fourth-order valence-electron chi connectivity index (χ4n) is 11.5. The van der Waals surface area contributed by atoms with Gasteiger partial charge in [-0.15, -0.1) is 0 Å². The number of carbonyl (C=O) groups is 11. The van der Waals surface area contributed by atoms with E-state index in [1.807, 2.05) is 32.0 Å². The van der Waals surface area contributed by atoms with Crippen LogP contribution in [0.3, 0.4) is 0 Å². The van der Waals surface area contributed by atoms with Crippen molar-refractivity contribution < 1.29 is 72.1 Å². The van der Waals surface area contributed by atoms with E-state index < -0.39 is 109 Å². The number of imide groups is 1. The molecular formula is C65H99N11O15. The van der Waals surface area contributed by atoms with E-state index in [0.29, 0.717) is 61.9 Å². The van der Waals surface area contributed by atoms with Crippen LogP contribution in [0.15, 0.2) is 66.7 Å². The number of aliphatic hydroxyl groups excluding tert-OH is 1. The average molecular weight is 1270 g/mol. The smallest absolute Gasteiger partial charge is 0.410 e. The molecule has 2 aromatic carbocycles. The van der Waals surface area contributed by atoms with Crippen molar-refractivity contribution in [3.63, 3.8) is 0 Å². The molecule has 1 fully saturated rings. The number of nitrogens with one attached hydrogen (secondary N) is 6. The van der Waals surface area contributed by atoms with E-state index in [-0.39, 0.29) is 86.8 Å². The summed E-state index contributed by atoms with van der Waals surface area (Å²) in [5.41, 5.74) is 6.76. The fourth-order valence-corrected chi connectivity index (χ4v) is 11.5. The molecule has 0 radical (unpaired) electrons. The van der Waals surface area contributed by atoms with Crippen LogP contribution < -0.4 is 37.6 Å². The van der Waals surface area contributed by atoms with Crippen molar-refractivity contribution in [2.24, 2.45) is 29.4 Å². The molecule has 26 heteroatoms. The normalized spacial score (nSPS) is 17.2. The minimum atomic E-state index is -1.11. The Hall–Kier alpha value is -7.97. The van der Waals surface area contributed by atoms with Crippen molar-refractivity contribution >= 4 is 71.0 Å². The quantitative estimate of drug-likeness (QED) is 0.0349. The molecule has 12 amide bonds. The van der Waals surface area contributed by atoms with Gasteiger partial charge in [-0.3, -0.25) is 53.0 Å². The molecule has 0 aromatic heterocycles. The summed E-state index contributed by atoms with van der Waals surface area (Å²) in [4.78, 5) is 150. The summed E-state index contributed by atoms with van der Waals surface area (Å²) in [6, 6.07) is 9.84. The van der Waals surface area contributed by atoms with Crippen molar-refractivity contribution in [2.75, 3.05) is 59.8 Å². The number of benzene rings is 2. The Morgan fingerprint density at radius 2 is 1.41 bits per heavy atom. The van der Waals surface area contributed by atoms with E-state index >= 15 is 0 Å². The zero-order valence-corrected chi connectivity index (χ0v) is 55.0. The second kappa shape index (κ2) is 37.4. The standard InChI is InChI=1S/C65H99N11O15/c1-13-41(6)57(49(89-11)36-53(80)75-35-21-25-48(75)59(90-12)42(7)60(83)69-43(8)58(82)45-22-16-14-17-23-45)73(9)54(81)37-68-63(86)56(40(4)5)74(10)65(88)91-38-44-27-29-46(30-28-44)70-61(84)47(24-20-33-67-64(66)87)71-62(85)55(39(2)3)72-50(77)26-18-15-19-34-76-51(78)31-32-52(76)79/h14,16-17,22-23,27-32,39-43,47-49,55-59,82H,13,15,18-21,24-26,33-38H2,1-12H3,(H,68,86)(H,69,83)(H,70,84)(H,71,85)(H,72,77)(H3,66,67,87)/t41-,42+,43+,47-,48-,49+,55?,56?,57-,58+,59+/m0/s1. The summed E-state index contributed by atoms with van der Waals surface area (Å²) in [6.07, 6.45) is 3.00. The third-order valence-electron chi connectivity index (χ3n) is 16.9. The van der Waals surface area contributed by atoms with E-state index in [2.05, 4.69) is 31.9 Å². The van der Waals surface area contributed by atoms with Gasteiger partial charge in [-0.25, -0.2) is 9.59 Å². The lowest BCUT2D eigenvalue weighted by atomic mass is 9.90. The predicted molar refractivity (Wildman–Crippen MR) is 340 cm³/mol. The number of hydrogen-bond donors (Lipinski definition) is 8. The number of primary amides is 1. The van der Waals surface area contributed by atoms with Gasteiger partial charge >= 0.3 is 12.1 Å². The molecule has 0 bridgehead atoms. The molecule has 26 nitrogen and oxygen atoms in total. The molecular weight excluding hydrogens is 1170 g/mol. The van der Waals surface area contributed by atoms with E-state index in [0.717, 1.165) is 9.80 Å². The molecule has 2 aromatic rings. The monoisotopic (exact) mass is 1270 g/mol. The first-order chi connectivity index (χ1) is 43.1. The second-order valence-electron chi connectivity index (χ2n) is 24.3. The van der Waals surface area contributed by atoms with Crippen molar-refractivity contribution in [3.05, 3.63) is 77.9 Å². The number of likely N-dealkylation sites (N-methyl/N-ethyl adjacent to an activating group) is 2. The van der Waals surface area contributed by atoms with Gasteiger partial charge in [0.1, 0.15) is 24.7 Å². The summed E-state index contributed by atoms with van der Waals surface area (Å²) in [5, 5.41) is 27.3. The molecule has 0 aliphatic carbocycles. The third-order valence-corrected chi connectivity index (χ3v) is 16.9. The van der Waals surface area contributed by atoms with Gasteiger partial charge in [0.05, 0.1) is 55.3 Å². The number of nitrogens with two attached hydrogens (primary N) is 1. The number of hydrogen-bond acceptors (Lipinski definition) is 15. The number of anilines is 1. The first-order valence-corrected chi connectivity index (χ1v) is 31.5. The van der Waals surface area contributed by atoms with Crippen LogP contribution >= 0.6 is 0 Å².